The molecule has 22 heavy (non-hydrogen) atoms. The molecule has 0 unspecified atom stereocenters. The van der Waals surface area contributed by atoms with E-state index in [4.69, 9.17) is 4.18 Å². The maximum Gasteiger partial charge on any atom is 0.339 e. The molecule has 7 heteroatoms. The molecule has 0 amide bonds. The van der Waals surface area contributed by atoms with Crippen LogP contribution >= 0.6 is 0 Å². The lowest BCUT2D eigenvalue weighted by Crippen LogP contribution is -2.14. The second-order valence-corrected chi connectivity index (χ2v) is 6.47. The minimum absolute atomic E-state index is 0.0382. The Balaban J connectivity index is 2.53. The normalized spacial score (nSPS) is 11.2. The van der Waals surface area contributed by atoms with Gasteiger partial charge in [0.2, 0.25) is 5.75 Å². The largest absolute Gasteiger partial charge is 0.372 e. The standard InChI is InChI=1S/C15H15NO5S/c1-10-8-11(2)15(12(3)9-10)22(19,20)21-14-7-5-4-6-13(14)16(17)18/h4-9H,1-3H3. The van der Waals surface area contributed by atoms with Gasteiger partial charge in [-0.25, -0.2) is 0 Å². The fourth-order valence-corrected chi connectivity index (χ4v) is 3.77. The molecule has 0 atom stereocenters. The van der Waals surface area contributed by atoms with E-state index in [0.29, 0.717) is 11.1 Å². The summed E-state index contributed by atoms with van der Waals surface area (Å²) in [5, 5.41) is 11.0. The Bertz CT molecular complexity index is 820. The van der Waals surface area contributed by atoms with Crippen molar-refractivity contribution in [2.45, 2.75) is 25.7 Å². The number of nitro benzene ring substituents is 1. The van der Waals surface area contributed by atoms with E-state index in [1.165, 1.54) is 24.3 Å². The van der Waals surface area contributed by atoms with E-state index in [0.717, 1.165) is 5.56 Å². The summed E-state index contributed by atoms with van der Waals surface area (Å²) in [6.07, 6.45) is 0. The van der Waals surface area contributed by atoms with Crippen LogP contribution in [0.25, 0.3) is 0 Å². The molecule has 0 aliphatic rings. The van der Waals surface area contributed by atoms with Gasteiger partial charge < -0.3 is 4.18 Å². The van der Waals surface area contributed by atoms with Crippen molar-refractivity contribution in [1.82, 2.24) is 0 Å². The highest BCUT2D eigenvalue weighted by molar-refractivity contribution is 7.87. The second-order valence-electron chi connectivity index (χ2n) is 4.99. The highest BCUT2D eigenvalue weighted by Crippen LogP contribution is 2.31. The van der Waals surface area contributed by atoms with Crippen LogP contribution in [-0.4, -0.2) is 13.3 Å². The van der Waals surface area contributed by atoms with E-state index >= 15 is 0 Å². The zero-order chi connectivity index (χ0) is 16.5. The Labute approximate surface area is 128 Å². The Kier molecular flexibility index (Phi) is 4.18. The quantitative estimate of drug-likeness (QED) is 0.490. The van der Waals surface area contributed by atoms with Gasteiger partial charge in [-0.15, -0.1) is 0 Å². The fourth-order valence-electron chi connectivity index (χ4n) is 2.40. The Morgan fingerprint density at radius 2 is 1.59 bits per heavy atom. The van der Waals surface area contributed by atoms with Crippen molar-refractivity contribution in [3.63, 3.8) is 0 Å². The van der Waals surface area contributed by atoms with Gasteiger partial charge in [0.05, 0.1) is 4.92 Å². The second kappa shape index (κ2) is 5.76. The van der Waals surface area contributed by atoms with E-state index in [1.807, 2.05) is 6.92 Å². The molecule has 0 saturated heterocycles. The summed E-state index contributed by atoms with van der Waals surface area (Å²) in [4.78, 5) is 10.3. The highest BCUT2D eigenvalue weighted by atomic mass is 32.2. The number of nitro groups is 1. The molecule has 0 N–H and O–H groups in total. The number of para-hydroxylation sites is 2. The van der Waals surface area contributed by atoms with Crippen molar-refractivity contribution in [1.29, 1.82) is 0 Å². The number of aryl methyl sites for hydroxylation is 3. The van der Waals surface area contributed by atoms with Crippen LogP contribution < -0.4 is 4.18 Å². The zero-order valence-electron chi connectivity index (χ0n) is 12.4. The number of rotatable bonds is 4. The lowest BCUT2D eigenvalue weighted by Gasteiger charge is -2.12. The smallest absolute Gasteiger partial charge is 0.339 e. The van der Waals surface area contributed by atoms with Crippen molar-refractivity contribution in [3.05, 3.63) is 63.2 Å². The molecular formula is C15H15NO5S. The van der Waals surface area contributed by atoms with E-state index in [9.17, 15) is 18.5 Å². The zero-order valence-corrected chi connectivity index (χ0v) is 13.2. The molecule has 0 aliphatic carbocycles. The van der Waals surface area contributed by atoms with Crippen molar-refractivity contribution in [2.24, 2.45) is 0 Å². The van der Waals surface area contributed by atoms with Crippen LogP contribution in [0, 0.1) is 30.9 Å². The SMILES string of the molecule is Cc1cc(C)c(S(=O)(=O)Oc2ccccc2[N+](=O)[O-])c(C)c1. The summed E-state index contributed by atoms with van der Waals surface area (Å²) < 4.78 is 30.0. The lowest BCUT2D eigenvalue weighted by molar-refractivity contribution is -0.385. The molecule has 2 aromatic carbocycles. The molecule has 0 radical (unpaired) electrons. The fraction of sp³-hybridized carbons (Fsp3) is 0.200. The molecule has 0 aromatic heterocycles. The molecular weight excluding hydrogens is 306 g/mol. The monoisotopic (exact) mass is 321 g/mol. The number of hydrogen-bond acceptors (Lipinski definition) is 5. The maximum absolute atomic E-state index is 12.5. The average molecular weight is 321 g/mol. The Morgan fingerprint density at radius 3 is 2.14 bits per heavy atom. The van der Waals surface area contributed by atoms with Gasteiger partial charge in [0, 0.05) is 6.07 Å². The number of hydrogen-bond donors (Lipinski definition) is 0. The van der Waals surface area contributed by atoms with Crippen LogP contribution in [0.4, 0.5) is 5.69 Å². The number of benzene rings is 2. The van der Waals surface area contributed by atoms with E-state index < -0.39 is 20.7 Å². The van der Waals surface area contributed by atoms with Gasteiger partial charge in [-0.05, 0) is 38.0 Å². The van der Waals surface area contributed by atoms with Gasteiger partial charge in [-0.3, -0.25) is 10.1 Å². The first-order chi connectivity index (χ1) is 10.2. The summed E-state index contributed by atoms with van der Waals surface area (Å²) >= 11 is 0. The summed E-state index contributed by atoms with van der Waals surface area (Å²) in [6.45, 7) is 5.19. The predicted octanol–water partition coefficient (Wildman–Crippen LogP) is 3.29. The van der Waals surface area contributed by atoms with E-state index in [1.54, 1.807) is 26.0 Å². The van der Waals surface area contributed by atoms with Gasteiger partial charge in [0.25, 0.3) is 0 Å². The van der Waals surface area contributed by atoms with Gasteiger partial charge in [0.15, 0.2) is 0 Å². The van der Waals surface area contributed by atoms with Crippen LogP contribution in [-0.2, 0) is 10.1 Å². The van der Waals surface area contributed by atoms with Gasteiger partial charge in [0.1, 0.15) is 4.90 Å². The van der Waals surface area contributed by atoms with E-state index in [2.05, 4.69) is 0 Å². The Hall–Kier alpha value is -2.41. The minimum Gasteiger partial charge on any atom is -0.372 e. The van der Waals surface area contributed by atoms with Crippen LogP contribution in [0.5, 0.6) is 5.75 Å². The van der Waals surface area contributed by atoms with Crippen molar-refractivity contribution >= 4 is 15.8 Å². The molecule has 0 aliphatic heterocycles. The first-order valence-electron chi connectivity index (χ1n) is 6.48. The van der Waals surface area contributed by atoms with Gasteiger partial charge in [-0.1, -0.05) is 29.8 Å². The molecule has 0 bridgehead atoms. The third-order valence-electron chi connectivity index (χ3n) is 3.12. The molecule has 0 spiro atoms. The van der Waals surface area contributed by atoms with Crippen LogP contribution in [0.2, 0.25) is 0 Å². The minimum atomic E-state index is -4.15. The molecule has 0 saturated carbocycles. The molecule has 2 rings (SSSR count). The summed E-state index contributed by atoms with van der Waals surface area (Å²) in [6, 6.07) is 8.83. The maximum atomic E-state index is 12.5. The van der Waals surface area contributed by atoms with Gasteiger partial charge >= 0.3 is 15.8 Å². The lowest BCUT2D eigenvalue weighted by atomic mass is 10.1. The molecule has 6 nitrogen and oxygen atoms in total. The topological polar surface area (TPSA) is 86.5 Å². The van der Waals surface area contributed by atoms with E-state index in [-0.39, 0.29) is 10.6 Å². The van der Waals surface area contributed by atoms with Crippen LogP contribution in [0.15, 0.2) is 41.3 Å². The average Bonchev–Trinajstić information content (AvgIpc) is 2.36. The molecule has 116 valence electrons. The first kappa shape index (κ1) is 16.0. The Morgan fingerprint density at radius 1 is 1.05 bits per heavy atom. The summed E-state index contributed by atoms with van der Waals surface area (Å²) in [7, 11) is -4.15. The summed E-state index contributed by atoms with van der Waals surface area (Å²) in [5.41, 5.74) is 1.61. The third kappa shape index (κ3) is 3.09. The third-order valence-corrected chi connectivity index (χ3v) is 4.66. The van der Waals surface area contributed by atoms with Gasteiger partial charge in [-0.2, -0.15) is 8.42 Å². The van der Waals surface area contributed by atoms with Crippen molar-refractivity contribution in [3.8, 4) is 5.75 Å². The molecule has 0 heterocycles. The predicted molar refractivity (Wildman–Crippen MR) is 81.6 cm³/mol. The highest BCUT2D eigenvalue weighted by Gasteiger charge is 2.26. The van der Waals surface area contributed by atoms with Crippen molar-refractivity contribution in [2.75, 3.05) is 0 Å². The summed E-state index contributed by atoms with van der Waals surface area (Å²) in [5.74, 6) is -0.299. The molecule has 0 fully saturated rings. The van der Waals surface area contributed by atoms with Crippen LogP contribution in [0.1, 0.15) is 16.7 Å². The number of nitrogens with zero attached hydrogens (tertiary/aromatic N) is 1. The molecule has 2 aromatic rings. The first-order valence-corrected chi connectivity index (χ1v) is 7.89. The van der Waals surface area contributed by atoms with Crippen LogP contribution in [0.3, 0.4) is 0 Å². The van der Waals surface area contributed by atoms with Crippen molar-refractivity contribution < 1.29 is 17.5 Å².